The molecule has 2 N–H and O–H groups in total. The standard InChI is InChI=1S/C20H25ClN4O2/c1-19(2,27-16-4-3-15(21)10-23-16)18(24-11-22)25-17-13-5-12-6-14(17)9-20(26,7-12)8-13/h3-4,10,12-14,17,26H,5-9H2,1-2H3,(H,24,25). The van der Waals surface area contributed by atoms with Crippen LogP contribution in [0.5, 0.6) is 5.88 Å². The molecule has 6 nitrogen and oxygen atoms in total. The second kappa shape index (κ2) is 6.65. The topological polar surface area (TPSA) is 90.5 Å². The van der Waals surface area contributed by atoms with E-state index in [9.17, 15) is 10.4 Å². The fourth-order valence-electron chi connectivity index (χ4n) is 5.50. The quantitative estimate of drug-likeness (QED) is 0.469. The summed E-state index contributed by atoms with van der Waals surface area (Å²) in [7, 11) is 0. The molecule has 4 aliphatic rings. The molecular weight excluding hydrogens is 364 g/mol. The third-order valence-electron chi connectivity index (χ3n) is 6.34. The Hall–Kier alpha value is -1.84. The van der Waals surface area contributed by atoms with E-state index < -0.39 is 11.2 Å². The number of aliphatic imine (C=N–C) groups is 1. The molecule has 0 aliphatic heterocycles. The Balaban J connectivity index is 1.52. The maximum Gasteiger partial charge on any atom is 0.214 e. The summed E-state index contributed by atoms with van der Waals surface area (Å²) in [6.45, 7) is 3.74. The normalized spacial score (nSPS) is 35.0. The Morgan fingerprint density at radius 1 is 1.37 bits per heavy atom. The van der Waals surface area contributed by atoms with Gasteiger partial charge in [0.2, 0.25) is 12.1 Å². The summed E-state index contributed by atoms with van der Waals surface area (Å²) in [5.41, 5.74) is -1.33. The highest BCUT2D eigenvalue weighted by Crippen LogP contribution is 2.55. The zero-order chi connectivity index (χ0) is 19.2. The molecule has 144 valence electrons. The molecule has 1 aromatic rings. The summed E-state index contributed by atoms with van der Waals surface area (Å²) in [6.07, 6.45) is 8.31. The van der Waals surface area contributed by atoms with Crippen LogP contribution in [-0.2, 0) is 0 Å². The molecule has 2 unspecified atom stereocenters. The van der Waals surface area contributed by atoms with Crippen LogP contribution in [0.3, 0.4) is 0 Å². The summed E-state index contributed by atoms with van der Waals surface area (Å²) < 4.78 is 6.02. The second-order valence-electron chi connectivity index (χ2n) is 8.85. The minimum Gasteiger partial charge on any atom is -0.463 e. The lowest BCUT2D eigenvalue weighted by atomic mass is 9.52. The van der Waals surface area contributed by atoms with Crippen LogP contribution in [0.25, 0.3) is 0 Å². The highest BCUT2D eigenvalue weighted by molar-refractivity contribution is 6.30. The lowest BCUT2D eigenvalue weighted by Crippen LogP contribution is -2.63. The zero-order valence-corrected chi connectivity index (χ0v) is 16.4. The molecule has 4 fully saturated rings. The first kappa shape index (κ1) is 18.5. The van der Waals surface area contributed by atoms with Gasteiger partial charge in [0, 0.05) is 18.3 Å². The fourth-order valence-corrected chi connectivity index (χ4v) is 5.61. The van der Waals surface area contributed by atoms with Crippen LogP contribution in [0.1, 0.15) is 46.0 Å². The van der Waals surface area contributed by atoms with Gasteiger partial charge in [-0.2, -0.15) is 10.3 Å². The highest BCUT2D eigenvalue weighted by Gasteiger charge is 2.55. The molecule has 2 atom stereocenters. The predicted octanol–water partition coefficient (Wildman–Crippen LogP) is 3.30. The van der Waals surface area contributed by atoms with Crippen molar-refractivity contribution >= 4 is 17.4 Å². The fraction of sp³-hybridized carbons (Fsp3) is 0.650. The molecule has 4 saturated carbocycles. The number of pyridine rings is 1. The van der Waals surface area contributed by atoms with Gasteiger partial charge in [0.1, 0.15) is 0 Å². The summed E-state index contributed by atoms with van der Waals surface area (Å²) in [5.74, 6) is 2.39. The third kappa shape index (κ3) is 3.63. The Bertz CT molecular complexity index is 770. The average Bonchev–Trinajstić information content (AvgIpc) is 2.57. The van der Waals surface area contributed by atoms with E-state index in [1.54, 1.807) is 12.1 Å². The summed E-state index contributed by atoms with van der Waals surface area (Å²) >= 11 is 5.89. The van der Waals surface area contributed by atoms with Gasteiger partial charge in [-0.3, -0.25) is 0 Å². The van der Waals surface area contributed by atoms with Crippen LogP contribution >= 0.6 is 11.6 Å². The van der Waals surface area contributed by atoms with Crippen LogP contribution in [0.2, 0.25) is 5.02 Å². The highest BCUT2D eigenvalue weighted by atomic mass is 35.5. The second-order valence-corrected chi connectivity index (χ2v) is 9.29. The van der Waals surface area contributed by atoms with Gasteiger partial charge < -0.3 is 15.2 Å². The molecule has 4 aliphatic carbocycles. The Labute approximate surface area is 164 Å². The predicted molar refractivity (Wildman–Crippen MR) is 102 cm³/mol. The van der Waals surface area contributed by atoms with Gasteiger partial charge in [-0.1, -0.05) is 11.6 Å². The lowest BCUT2D eigenvalue weighted by molar-refractivity contribution is -0.136. The molecule has 0 aromatic carbocycles. The molecular formula is C20H25ClN4O2. The van der Waals surface area contributed by atoms with Crippen molar-refractivity contribution in [3.8, 4) is 12.1 Å². The van der Waals surface area contributed by atoms with Gasteiger partial charge >= 0.3 is 0 Å². The summed E-state index contributed by atoms with van der Waals surface area (Å²) in [6, 6.07) is 3.63. The number of nitrogens with one attached hydrogen (secondary N) is 1. The van der Waals surface area contributed by atoms with Crippen molar-refractivity contribution in [3.05, 3.63) is 23.4 Å². The van der Waals surface area contributed by atoms with Gasteiger partial charge in [-0.25, -0.2) is 4.98 Å². The first-order valence-corrected chi connectivity index (χ1v) is 9.92. The molecule has 7 heteroatoms. The molecule has 0 amide bonds. The first-order valence-electron chi connectivity index (χ1n) is 9.55. The van der Waals surface area contributed by atoms with E-state index in [-0.39, 0.29) is 6.04 Å². The summed E-state index contributed by atoms with van der Waals surface area (Å²) in [5, 5.41) is 24.1. The van der Waals surface area contributed by atoms with E-state index in [2.05, 4.69) is 15.3 Å². The smallest absolute Gasteiger partial charge is 0.214 e. The Morgan fingerprint density at radius 3 is 2.63 bits per heavy atom. The summed E-state index contributed by atoms with van der Waals surface area (Å²) in [4.78, 5) is 8.23. The number of rotatable bonds is 4. The minimum absolute atomic E-state index is 0.218. The van der Waals surface area contributed by atoms with Crippen LogP contribution in [0, 0.1) is 29.2 Å². The van der Waals surface area contributed by atoms with E-state index in [0.29, 0.717) is 34.5 Å². The largest absolute Gasteiger partial charge is 0.463 e. The lowest BCUT2D eigenvalue weighted by Gasteiger charge is -2.58. The average molecular weight is 389 g/mol. The van der Waals surface area contributed by atoms with Crippen molar-refractivity contribution in [2.45, 2.75) is 63.2 Å². The van der Waals surface area contributed by atoms with Crippen LogP contribution in [0.15, 0.2) is 23.3 Å². The molecule has 1 heterocycles. The number of aromatic nitrogens is 1. The number of ether oxygens (including phenoxy) is 1. The first-order chi connectivity index (χ1) is 12.8. The van der Waals surface area contributed by atoms with Gasteiger partial charge in [0.05, 0.1) is 10.6 Å². The number of hydrogen-bond donors (Lipinski definition) is 2. The molecule has 1 aromatic heterocycles. The number of aliphatic hydroxyl groups is 1. The Morgan fingerprint density at radius 2 is 2.07 bits per heavy atom. The minimum atomic E-state index is -0.845. The van der Waals surface area contributed by atoms with Crippen molar-refractivity contribution in [2.24, 2.45) is 22.7 Å². The maximum atomic E-state index is 10.8. The zero-order valence-electron chi connectivity index (χ0n) is 15.7. The van der Waals surface area contributed by atoms with E-state index in [4.69, 9.17) is 16.3 Å². The van der Waals surface area contributed by atoms with Crippen molar-refractivity contribution in [2.75, 3.05) is 0 Å². The monoisotopic (exact) mass is 388 g/mol. The van der Waals surface area contributed by atoms with E-state index in [1.165, 1.54) is 6.20 Å². The number of nitriles is 1. The molecule has 27 heavy (non-hydrogen) atoms. The van der Waals surface area contributed by atoms with Gasteiger partial charge in [-0.15, -0.1) is 0 Å². The van der Waals surface area contributed by atoms with Gasteiger partial charge in [0.25, 0.3) is 0 Å². The van der Waals surface area contributed by atoms with Crippen molar-refractivity contribution in [3.63, 3.8) is 0 Å². The van der Waals surface area contributed by atoms with E-state index >= 15 is 0 Å². The van der Waals surface area contributed by atoms with Crippen molar-refractivity contribution in [1.82, 2.24) is 10.3 Å². The molecule has 0 saturated heterocycles. The SMILES string of the molecule is CC(C)(Oc1ccc(Cl)cn1)/C(=N\C#N)NC1C2CC3CC1CC(O)(C3)C2. The number of nitrogens with zero attached hydrogens (tertiary/aromatic N) is 3. The molecule has 5 rings (SSSR count). The van der Waals surface area contributed by atoms with E-state index in [0.717, 1.165) is 32.1 Å². The van der Waals surface area contributed by atoms with E-state index in [1.807, 2.05) is 20.0 Å². The molecule has 0 radical (unpaired) electrons. The van der Waals surface area contributed by atoms with Crippen LogP contribution in [0.4, 0.5) is 0 Å². The third-order valence-corrected chi connectivity index (χ3v) is 6.56. The van der Waals surface area contributed by atoms with Gasteiger partial charge in [0.15, 0.2) is 11.4 Å². The molecule has 4 bridgehead atoms. The maximum absolute atomic E-state index is 10.8. The number of amidine groups is 1. The van der Waals surface area contributed by atoms with Crippen molar-refractivity contribution in [1.29, 1.82) is 5.26 Å². The Kier molecular flexibility index (Phi) is 4.56. The van der Waals surface area contributed by atoms with Crippen LogP contribution in [-0.4, -0.2) is 33.2 Å². The van der Waals surface area contributed by atoms with Gasteiger partial charge in [-0.05, 0) is 69.8 Å². The molecule has 0 spiro atoms. The van der Waals surface area contributed by atoms with Crippen LogP contribution < -0.4 is 10.1 Å². The van der Waals surface area contributed by atoms with Crippen molar-refractivity contribution < 1.29 is 9.84 Å². The number of hydrogen-bond acceptors (Lipinski definition) is 5. The number of halogens is 1.